The van der Waals surface area contributed by atoms with Crippen molar-refractivity contribution in [3.05, 3.63) is 73.2 Å². The van der Waals surface area contributed by atoms with Gasteiger partial charge in [-0.1, -0.05) is 76.7 Å². The number of benzene rings is 1. The first-order valence-electron chi connectivity index (χ1n) is 8.19. The molecule has 3 aromatic rings. The van der Waals surface area contributed by atoms with Crippen molar-refractivity contribution in [1.29, 1.82) is 0 Å². The predicted octanol–water partition coefficient (Wildman–Crippen LogP) is 4.59. The Morgan fingerprint density at radius 2 is 1.90 bits per heavy atom. The molecule has 150 valence electrons. The van der Waals surface area contributed by atoms with Gasteiger partial charge in [0, 0.05) is 0 Å². The third-order valence-electron chi connectivity index (χ3n) is 3.93. The summed E-state index contributed by atoms with van der Waals surface area (Å²) in [5, 5.41) is 8.43. The molecule has 7 nitrogen and oxygen atoms in total. The van der Waals surface area contributed by atoms with Crippen molar-refractivity contribution in [2.45, 2.75) is 13.5 Å². The Bertz CT molecular complexity index is 1100. The second kappa shape index (κ2) is 9.00. The number of amides is 1. The first-order valence-corrected chi connectivity index (χ1v) is 9.71. The van der Waals surface area contributed by atoms with Gasteiger partial charge in [0.05, 0.1) is 34.7 Å². The van der Waals surface area contributed by atoms with E-state index in [-0.39, 0.29) is 26.6 Å². The fourth-order valence-electron chi connectivity index (χ4n) is 2.47. The van der Waals surface area contributed by atoms with Crippen LogP contribution in [-0.2, 0) is 6.54 Å². The number of hydrogen-bond acceptors (Lipinski definition) is 5. The average Bonchev–Trinajstić information content (AvgIpc) is 2.97. The molecular weight excluding hydrogens is 458 g/mol. The van der Waals surface area contributed by atoms with Gasteiger partial charge >= 0.3 is 0 Å². The number of pyridine rings is 1. The number of nitrogens with one attached hydrogen (secondary N) is 1. The first kappa shape index (κ1) is 21.4. The maximum atomic E-state index is 12.3. The summed E-state index contributed by atoms with van der Waals surface area (Å²) in [6.07, 6.45) is 1.39. The topological polar surface area (TPSA) is 98.2 Å². The smallest absolute Gasteiger partial charge is 0.291 e. The molecule has 0 radical (unpaired) electrons. The van der Waals surface area contributed by atoms with E-state index < -0.39 is 5.91 Å². The van der Waals surface area contributed by atoms with E-state index in [0.717, 1.165) is 5.56 Å². The summed E-state index contributed by atoms with van der Waals surface area (Å²) in [6, 6.07) is 9.75. The van der Waals surface area contributed by atoms with E-state index in [2.05, 4.69) is 20.6 Å². The van der Waals surface area contributed by atoms with Crippen LogP contribution in [0.1, 0.15) is 27.3 Å². The molecule has 0 saturated carbocycles. The Morgan fingerprint density at radius 3 is 2.59 bits per heavy atom. The molecule has 0 aliphatic rings. The zero-order valence-corrected chi connectivity index (χ0v) is 18.0. The van der Waals surface area contributed by atoms with Gasteiger partial charge in [-0.25, -0.2) is 15.1 Å². The molecule has 0 fully saturated rings. The van der Waals surface area contributed by atoms with Crippen LogP contribution in [0.25, 0.3) is 0 Å². The molecule has 0 saturated heterocycles. The van der Waals surface area contributed by atoms with Gasteiger partial charge in [0.25, 0.3) is 5.91 Å². The summed E-state index contributed by atoms with van der Waals surface area (Å²) in [4.78, 5) is 16.1. The number of aryl methyl sites for hydroxylation is 1. The SMILES string of the molecule is Cc1nn(Cc2ccccc2)c(Cl)c1/C=N\NC(=O)c1nc(Cl)c(Cl)c(N)c1Cl. The molecule has 0 atom stereocenters. The van der Waals surface area contributed by atoms with E-state index >= 15 is 0 Å². The van der Waals surface area contributed by atoms with Crippen LogP contribution in [0.3, 0.4) is 0 Å². The molecule has 0 spiro atoms. The van der Waals surface area contributed by atoms with E-state index in [1.807, 2.05) is 30.3 Å². The van der Waals surface area contributed by atoms with Gasteiger partial charge in [-0.15, -0.1) is 0 Å². The highest BCUT2D eigenvalue weighted by Gasteiger charge is 2.19. The number of hydrazone groups is 1. The maximum absolute atomic E-state index is 12.3. The molecular formula is C18H14Cl4N6O. The van der Waals surface area contributed by atoms with Crippen molar-refractivity contribution in [1.82, 2.24) is 20.2 Å². The van der Waals surface area contributed by atoms with Gasteiger partial charge in [-0.2, -0.15) is 10.2 Å². The van der Waals surface area contributed by atoms with E-state index in [9.17, 15) is 4.79 Å². The summed E-state index contributed by atoms with van der Waals surface area (Å²) in [5.74, 6) is -0.707. The minimum Gasteiger partial charge on any atom is -0.396 e. The van der Waals surface area contributed by atoms with Crippen LogP contribution in [0.4, 0.5) is 5.69 Å². The molecule has 2 heterocycles. The van der Waals surface area contributed by atoms with E-state index in [4.69, 9.17) is 52.1 Å². The Labute approximate surface area is 186 Å². The Kier molecular flexibility index (Phi) is 6.64. The Hall–Kier alpha value is -2.32. The summed E-state index contributed by atoms with van der Waals surface area (Å²) in [7, 11) is 0. The number of nitrogens with zero attached hydrogens (tertiary/aromatic N) is 4. The van der Waals surface area contributed by atoms with Crippen molar-refractivity contribution in [2.24, 2.45) is 5.10 Å². The molecule has 29 heavy (non-hydrogen) atoms. The van der Waals surface area contributed by atoms with Gasteiger partial charge in [0.15, 0.2) is 10.8 Å². The summed E-state index contributed by atoms with van der Waals surface area (Å²) >= 11 is 24.1. The number of anilines is 1. The predicted molar refractivity (Wildman–Crippen MR) is 116 cm³/mol. The Balaban J connectivity index is 1.77. The fraction of sp³-hybridized carbons (Fsp3) is 0.111. The highest BCUT2D eigenvalue weighted by Crippen LogP contribution is 2.34. The third kappa shape index (κ3) is 4.64. The van der Waals surface area contributed by atoms with E-state index in [1.54, 1.807) is 11.6 Å². The van der Waals surface area contributed by atoms with Crippen molar-refractivity contribution >= 4 is 64.2 Å². The van der Waals surface area contributed by atoms with Crippen LogP contribution in [0.15, 0.2) is 35.4 Å². The maximum Gasteiger partial charge on any atom is 0.291 e. The number of aromatic nitrogens is 3. The lowest BCUT2D eigenvalue weighted by atomic mass is 10.2. The summed E-state index contributed by atoms with van der Waals surface area (Å²) in [5.41, 5.74) is 10.0. The minimum absolute atomic E-state index is 0.0232. The van der Waals surface area contributed by atoms with Gasteiger partial charge < -0.3 is 5.73 Å². The van der Waals surface area contributed by atoms with Crippen molar-refractivity contribution in [3.8, 4) is 0 Å². The third-order valence-corrected chi connectivity index (χ3v) is 5.47. The van der Waals surface area contributed by atoms with Crippen LogP contribution in [0.2, 0.25) is 20.4 Å². The second-order valence-corrected chi connectivity index (χ2v) is 7.40. The molecule has 0 bridgehead atoms. The quantitative estimate of drug-likeness (QED) is 0.323. The number of nitrogens with two attached hydrogens (primary N) is 1. The second-order valence-electron chi connectivity index (χ2n) is 5.93. The van der Waals surface area contributed by atoms with Crippen LogP contribution in [-0.4, -0.2) is 26.9 Å². The standard InChI is InChI=1S/C18H14Cl4N6O/c1-9-11(17(22)28(27-9)8-10-5-3-2-4-6-10)7-24-26-18(29)15-12(19)14(23)13(20)16(21)25-15/h2-7H,8H2,1H3,(H2,23,25)(H,26,29)/b24-7-. The number of halogens is 4. The molecule has 11 heteroatoms. The van der Waals surface area contributed by atoms with Crippen molar-refractivity contribution in [2.75, 3.05) is 5.73 Å². The molecule has 3 rings (SSSR count). The molecule has 2 aromatic heterocycles. The largest absolute Gasteiger partial charge is 0.396 e. The van der Waals surface area contributed by atoms with E-state index in [0.29, 0.717) is 23.0 Å². The lowest BCUT2D eigenvalue weighted by molar-refractivity contribution is 0.0950. The van der Waals surface area contributed by atoms with Crippen LogP contribution >= 0.6 is 46.4 Å². The highest BCUT2D eigenvalue weighted by atomic mass is 35.5. The zero-order chi connectivity index (χ0) is 21.1. The van der Waals surface area contributed by atoms with Crippen molar-refractivity contribution < 1.29 is 4.79 Å². The van der Waals surface area contributed by atoms with E-state index in [1.165, 1.54) is 6.21 Å². The molecule has 1 aromatic carbocycles. The molecule has 1 amide bonds. The molecule has 0 aliphatic carbocycles. The van der Waals surface area contributed by atoms with Gasteiger partial charge in [0.2, 0.25) is 0 Å². The van der Waals surface area contributed by atoms with Gasteiger partial charge in [0.1, 0.15) is 10.2 Å². The zero-order valence-electron chi connectivity index (χ0n) is 15.0. The Morgan fingerprint density at radius 1 is 1.21 bits per heavy atom. The first-order chi connectivity index (χ1) is 13.8. The fourth-order valence-corrected chi connectivity index (χ4v) is 3.34. The number of hydrogen-bond donors (Lipinski definition) is 2. The van der Waals surface area contributed by atoms with Crippen LogP contribution in [0.5, 0.6) is 0 Å². The van der Waals surface area contributed by atoms with Crippen LogP contribution < -0.4 is 11.2 Å². The lowest BCUT2D eigenvalue weighted by Crippen LogP contribution is -2.20. The van der Waals surface area contributed by atoms with Gasteiger partial charge in [-0.3, -0.25) is 4.79 Å². The van der Waals surface area contributed by atoms with Crippen molar-refractivity contribution in [3.63, 3.8) is 0 Å². The number of nitrogen functional groups attached to an aromatic ring is 1. The molecule has 0 aliphatic heterocycles. The summed E-state index contributed by atoms with van der Waals surface area (Å²) < 4.78 is 1.65. The van der Waals surface area contributed by atoms with Crippen LogP contribution in [0, 0.1) is 6.92 Å². The monoisotopic (exact) mass is 470 g/mol. The summed E-state index contributed by atoms with van der Waals surface area (Å²) in [6.45, 7) is 2.29. The number of rotatable bonds is 5. The number of carbonyl (C=O) groups excluding carboxylic acids is 1. The minimum atomic E-state index is -0.707. The highest BCUT2D eigenvalue weighted by molar-refractivity contribution is 6.46. The number of carbonyl (C=O) groups is 1. The molecule has 0 unspecified atom stereocenters. The van der Waals surface area contributed by atoms with Gasteiger partial charge in [-0.05, 0) is 12.5 Å². The normalized spacial score (nSPS) is 11.2. The average molecular weight is 472 g/mol. The lowest BCUT2D eigenvalue weighted by Gasteiger charge is -2.07. The molecule has 3 N–H and O–H groups in total.